The smallest absolute Gasteiger partial charge is 0.234 e. The van der Waals surface area contributed by atoms with Crippen molar-refractivity contribution in [1.82, 2.24) is 19.7 Å². The maximum atomic E-state index is 12.5. The number of nitrogens with one attached hydrogen (secondary N) is 1. The number of amides is 1. The molecule has 6 nitrogen and oxygen atoms in total. The number of rotatable bonds is 6. The number of thioether (sulfide) groups is 1. The van der Waals surface area contributed by atoms with Gasteiger partial charge in [-0.15, -0.1) is 10.2 Å². The van der Waals surface area contributed by atoms with Gasteiger partial charge in [0.1, 0.15) is 0 Å². The molecule has 0 unspecified atom stereocenters. The van der Waals surface area contributed by atoms with Crippen molar-refractivity contribution in [3.8, 4) is 17.1 Å². The van der Waals surface area contributed by atoms with Crippen LogP contribution >= 0.6 is 35.0 Å². The van der Waals surface area contributed by atoms with Gasteiger partial charge in [-0.1, -0.05) is 53.2 Å². The molecule has 0 aliphatic carbocycles. The predicted octanol–water partition coefficient (Wildman–Crippen LogP) is 5.68. The van der Waals surface area contributed by atoms with Crippen molar-refractivity contribution < 1.29 is 4.79 Å². The van der Waals surface area contributed by atoms with Gasteiger partial charge in [-0.25, -0.2) is 0 Å². The van der Waals surface area contributed by atoms with Gasteiger partial charge in [-0.2, -0.15) is 0 Å². The molecule has 0 aliphatic rings. The van der Waals surface area contributed by atoms with Crippen molar-refractivity contribution in [2.24, 2.45) is 0 Å². The van der Waals surface area contributed by atoms with Gasteiger partial charge in [0, 0.05) is 23.6 Å². The molecule has 2 heterocycles. The Labute approximate surface area is 193 Å². The first kappa shape index (κ1) is 21.4. The molecule has 2 aromatic carbocycles. The summed E-state index contributed by atoms with van der Waals surface area (Å²) in [5.41, 5.74) is 3.31. The Kier molecular flexibility index (Phi) is 6.56. The lowest BCUT2D eigenvalue weighted by molar-refractivity contribution is -0.113. The Morgan fingerprint density at radius 2 is 1.90 bits per heavy atom. The van der Waals surface area contributed by atoms with Crippen LogP contribution in [0.4, 0.5) is 5.69 Å². The average Bonchev–Trinajstić information content (AvgIpc) is 3.20. The molecule has 0 bridgehead atoms. The minimum Gasteiger partial charge on any atom is -0.325 e. The molecule has 1 N–H and O–H groups in total. The van der Waals surface area contributed by atoms with E-state index in [9.17, 15) is 4.79 Å². The van der Waals surface area contributed by atoms with E-state index in [1.165, 1.54) is 11.8 Å². The van der Waals surface area contributed by atoms with Crippen molar-refractivity contribution in [1.29, 1.82) is 0 Å². The molecule has 9 heteroatoms. The van der Waals surface area contributed by atoms with Gasteiger partial charge >= 0.3 is 0 Å². The van der Waals surface area contributed by atoms with Gasteiger partial charge in [0.15, 0.2) is 11.0 Å². The van der Waals surface area contributed by atoms with Crippen molar-refractivity contribution in [3.05, 3.63) is 82.6 Å². The molecule has 0 aliphatic heterocycles. The highest BCUT2D eigenvalue weighted by molar-refractivity contribution is 7.99. The summed E-state index contributed by atoms with van der Waals surface area (Å²) in [4.78, 5) is 16.7. The van der Waals surface area contributed by atoms with E-state index in [0.29, 0.717) is 21.0 Å². The van der Waals surface area contributed by atoms with Crippen LogP contribution in [0.1, 0.15) is 5.56 Å². The molecule has 31 heavy (non-hydrogen) atoms. The predicted molar refractivity (Wildman–Crippen MR) is 125 cm³/mol. The lowest BCUT2D eigenvalue weighted by atomic mass is 10.2. The van der Waals surface area contributed by atoms with Gasteiger partial charge in [0.2, 0.25) is 5.91 Å². The molecular weight excluding hydrogens is 453 g/mol. The number of carbonyl (C=O) groups is 1. The van der Waals surface area contributed by atoms with Gasteiger partial charge in [0.05, 0.1) is 21.5 Å². The topological polar surface area (TPSA) is 72.7 Å². The van der Waals surface area contributed by atoms with Crippen LogP contribution in [0, 0.1) is 6.92 Å². The molecule has 0 fully saturated rings. The molecule has 156 valence electrons. The van der Waals surface area contributed by atoms with Crippen molar-refractivity contribution in [2.45, 2.75) is 12.1 Å². The highest BCUT2D eigenvalue weighted by atomic mass is 35.5. The fraction of sp³-hybridized carbons (Fsp3) is 0.0909. The number of benzene rings is 2. The summed E-state index contributed by atoms with van der Waals surface area (Å²) >= 11 is 13.6. The Morgan fingerprint density at radius 3 is 2.65 bits per heavy atom. The van der Waals surface area contributed by atoms with Crippen molar-refractivity contribution >= 4 is 46.6 Å². The van der Waals surface area contributed by atoms with E-state index in [-0.39, 0.29) is 11.7 Å². The monoisotopic (exact) mass is 469 g/mol. The molecule has 0 atom stereocenters. The van der Waals surface area contributed by atoms with E-state index in [0.717, 1.165) is 22.5 Å². The summed E-state index contributed by atoms with van der Waals surface area (Å²) in [5, 5.41) is 13.0. The Hall–Kier alpha value is -2.87. The Morgan fingerprint density at radius 1 is 1.06 bits per heavy atom. The zero-order chi connectivity index (χ0) is 21.8. The zero-order valence-corrected chi connectivity index (χ0v) is 18.7. The summed E-state index contributed by atoms with van der Waals surface area (Å²) in [6.07, 6.45) is 3.40. The average molecular weight is 470 g/mol. The first-order valence-electron chi connectivity index (χ1n) is 9.32. The Bertz CT molecular complexity index is 1230. The third-order valence-corrected chi connectivity index (χ3v) is 6.13. The van der Waals surface area contributed by atoms with E-state index in [2.05, 4.69) is 20.5 Å². The first-order valence-corrected chi connectivity index (χ1v) is 11.1. The number of hydrogen-bond acceptors (Lipinski definition) is 5. The lowest BCUT2D eigenvalue weighted by Gasteiger charge is -2.11. The number of para-hydroxylation sites is 1. The molecule has 0 radical (unpaired) electrons. The summed E-state index contributed by atoms with van der Waals surface area (Å²) < 4.78 is 1.84. The van der Waals surface area contributed by atoms with Crippen LogP contribution in [-0.2, 0) is 4.79 Å². The van der Waals surface area contributed by atoms with Gasteiger partial charge < -0.3 is 5.32 Å². The van der Waals surface area contributed by atoms with Gasteiger partial charge in [0.25, 0.3) is 0 Å². The summed E-state index contributed by atoms with van der Waals surface area (Å²) in [6, 6.07) is 16.6. The standard InChI is InChI=1S/C22H17Cl2N5OS/c1-14-5-2-3-7-19(14)26-20(30)13-31-22-28-27-21(15-6-4-10-25-12-15)29(22)16-8-9-17(23)18(24)11-16/h2-12H,13H2,1H3,(H,26,30). The number of hydrogen-bond donors (Lipinski definition) is 1. The minimum atomic E-state index is -0.133. The molecule has 0 saturated carbocycles. The lowest BCUT2D eigenvalue weighted by Crippen LogP contribution is -2.15. The van der Waals surface area contributed by atoms with Crippen LogP contribution in [-0.4, -0.2) is 31.4 Å². The minimum absolute atomic E-state index is 0.133. The van der Waals surface area contributed by atoms with Crippen LogP contribution in [0.25, 0.3) is 17.1 Å². The number of anilines is 1. The van der Waals surface area contributed by atoms with Crippen LogP contribution in [0.2, 0.25) is 10.0 Å². The van der Waals surface area contributed by atoms with E-state index >= 15 is 0 Å². The maximum Gasteiger partial charge on any atom is 0.234 e. The van der Waals surface area contributed by atoms with Crippen molar-refractivity contribution in [2.75, 3.05) is 11.1 Å². The fourth-order valence-corrected chi connectivity index (χ4v) is 3.98. The van der Waals surface area contributed by atoms with E-state index in [4.69, 9.17) is 23.2 Å². The number of pyridine rings is 1. The normalized spacial score (nSPS) is 10.8. The van der Waals surface area contributed by atoms with E-state index in [1.807, 2.05) is 54.0 Å². The number of aryl methyl sites for hydroxylation is 1. The number of aromatic nitrogens is 4. The second-order valence-corrected chi connectivity index (χ2v) is 8.39. The largest absolute Gasteiger partial charge is 0.325 e. The summed E-state index contributed by atoms with van der Waals surface area (Å²) in [7, 11) is 0. The highest BCUT2D eigenvalue weighted by Crippen LogP contribution is 2.31. The third-order valence-electron chi connectivity index (χ3n) is 4.47. The molecule has 0 spiro atoms. The maximum absolute atomic E-state index is 12.5. The van der Waals surface area contributed by atoms with Gasteiger partial charge in [-0.05, 0) is 48.9 Å². The number of halogens is 2. The van der Waals surface area contributed by atoms with E-state index < -0.39 is 0 Å². The summed E-state index contributed by atoms with van der Waals surface area (Å²) in [6.45, 7) is 1.95. The van der Waals surface area contributed by atoms with Crippen LogP contribution < -0.4 is 5.32 Å². The van der Waals surface area contributed by atoms with Crippen LogP contribution in [0.3, 0.4) is 0 Å². The summed E-state index contributed by atoms with van der Waals surface area (Å²) in [5.74, 6) is 0.625. The molecule has 0 saturated heterocycles. The molecular formula is C22H17Cl2N5OS. The molecule has 4 aromatic rings. The molecule has 1 amide bonds. The van der Waals surface area contributed by atoms with E-state index in [1.54, 1.807) is 24.5 Å². The fourth-order valence-electron chi connectivity index (χ4n) is 2.93. The highest BCUT2D eigenvalue weighted by Gasteiger charge is 2.18. The SMILES string of the molecule is Cc1ccccc1NC(=O)CSc1nnc(-c2cccnc2)n1-c1ccc(Cl)c(Cl)c1. The van der Waals surface area contributed by atoms with Crippen LogP contribution in [0.5, 0.6) is 0 Å². The Balaban J connectivity index is 1.63. The quantitative estimate of drug-likeness (QED) is 0.368. The first-order chi connectivity index (χ1) is 15.0. The molecule has 4 rings (SSSR count). The zero-order valence-electron chi connectivity index (χ0n) is 16.4. The number of nitrogens with zero attached hydrogens (tertiary/aromatic N) is 4. The van der Waals surface area contributed by atoms with Gasteiger partial charge in [-0.3, -0.25) is 14.3 Å². The second-order valence-electron chi connectivity index (χ2n) is 6.63. The second kappa shape index (κ2) is 9.51. The third kappa shape index (κ3) is 4.90. The number of carbonyl (C=O) groups excluding carboxylic acids is 1. The van der Waals surface area contributed by atoms with Crippen LogP contribution in [0.15, 0.2) is 72.1 Å². The van der Waals surface area contributed by atoms with Crippen molar-refractivity contribution in [3.63, 3.8) is 0 Å². The molecule has 2 aromatic heterocycles.